The lowest BCUT2D eigenvalue weighted by Gasteiger charge is -2.18. The van der Waals surface area contributed by atoms with Gasteiger partial charge in [-0.05, 0) is 23.3 Å². The van der Waals surface area contributed by atoms with Gasteiger partial charge in [0.05, 0.1) is 12.3 Å². The molecule has 6 nitrogen and oxygen atoms in total. The van der Waals surface area contributed by atoms with Crippen molar-refractivity contribution in [3.63, 3.8) is 0 Å². The van der Waals surface area contributed by atoms with Crippen LogP contribution < -0.4 is 5.73 Å². The highest BCUT2D eigenvalue weighted by molar-refractivity contribution is 8.14. The van der Waals surface area contributed by atoms with Crippen molar-refractivity contribution in [1.82, 2.24) is 9.80 Å². The van der Waals surface area contributed by atoms with Crippen LogP contribution in [0.5, 0.6) is 0 Å². The average molecular weight is 395 g/mol. The monoisotopic (exact) mass is 395 g/mol. The first-order valence-corrected chi connectivity index (χ1v) is 10.2. The topological polar surface area (TPSA) is 83.7 Å². The van der Waals surface area contributed by atoms with Crippen LogP contribution in [0.3, 0.4) is 0 Å². The Bertz CT molecular complexity index is 902. The van der Waals surface area contributed by atoms with Crippen LogP contribution in [-0.2, 0) is 11.3 Å². The Morgan fingerprint density at radius 1 is 1.07 bits per heavy atom. The van der Waals surface area contributed by atoms with Gasteiger partial charge in [0.15, 0.2) is 0 Å². The first-order chi connectivity index (χ1) is 13.5. The van der Waals surface area contributed by atoms with Crippen molar-refractivity contribution in [3.8, 4) is 0 Å². The van der Waals surface area contributed by atoms with Crippen LogP contribution in [-0.4, -0.2) is 51.7 Å². The Balaban J connectivity index is 1.48. The summed E-state index contributed by atoms with van der Waals surface area (Å²) in [6.07, 6.45) is 0. The normalized spacial score (nSPS) is 22.2. The standard InChI is InChI=1S/C21H21N3O3S/c22-18-12-23(11-17(18)15-6-2-1-3-7-15)20(26)16-8-4-5-14(9-16)10-24-19(25)13-28-21(24)27/h1-9,17-18H,10-13,22H2/t17-,18+/m0/s1. The van der Waals surface area contributed by atoms with Gasteiger partial charge in [-0.2, -0.15) is 0 Å². The largest absolute Gasteiger partial charge is 0.336 e. The molecule has 28 heavy (non-hydrogen) atoms. The molecule has 2 aliphatic heterocycles. The summed E-state index contributed by atoms with van der Waals surface area (Å²) in [6.45, 7) is 1.27. The summed E-state index contributed by atoms with van der Waals surface area (Å²) >= 11 is 1.01. The van der Waals surface area contributed by atoms with Gasteiger partial charge in [0, 0.05) is 30.6 Å². The van der Waals surface area contributed by atoms with E-state index in [0.29, 0.717) is 18.7 Å². The first kappa shape index (κ1) is 18.7. The number of nitrogens with two attached hydrogens (primary N) is 1. The summed E-state index contributed by atoms with van der Waals surface area (Å²) < 4.78 is 0. The molecule has 0 aromatic heterocycles. The molecule has 2 aromatic carbocycles. The van der Waals surface area contributed by atoms with Gasteiger partial charge in [-0.3, -0.25) is 19.3 Å². The van der Waals surface area contributed by atoms with Gasteiger partial charge in [0.1, 0.15) is 0 Å². The molecule has 144 valence electrons. The quantitative estimate of drug-likeness (QED) is 0.860. The lowest BCUT2D eigenvalue weighted by molar-refractivity contribution is -0.125. The first-order valence-electron chi connectivity index (χ1n) is 9.19. The molecule has 0 aliphatic carbocycles. The van der Waals surface area contributed by atoms with Crippen molar-refractivity contribution in [1.29, 1.82) is 0 Å². The molecule has 0 unspecified atom stereocenters. The predicted octanol–water partition coefficient (Wildman–Crippen LogP) is 2.45. The van der Waals surface area contributed by atoms with Crippen molar-refractivity contribution in [3.05, 3.63) is 71.3 Å². The number of carbonyl (C=O) groups excluding carboxylic acids is 3. The zero-order chi connectivity index (χ0) is 19.7. The molecule has 0 radical (unpaired) electrons. The van der Waals surface area contributed by atoms with Crippen molar-refractivity contribution >= 4 is 28.8 Å². The SMILES string of the molecule is N[C@@H]1CN(C(=O)c2cccc(CN3C(=O)CSC3=O)c2)C[C@H]1c1ccccc1. The maximum absolute atomic E-state index is 13.0. The van der Waals surface area contributed by atoms with Crippen LogP contribution in [0.4, 0.5) is 4.79 Å². The number of amides is 3. The summed E-state index contributed by atoms with van der Waals surface area (Å²) in [7, 11) is 0. The maximum Gasteiger partial charge on any atom is 0.289 e. The molecule has 2 heterocycles. The third-order valence-electron chi connectivity index (χ3n) is 5.24. The average Bonchev–Trinajstić information content (AvgIpc) is 3.25. The second kappa shape index (κ2) is 7.77. The minimum absolute atomic E-state index is 0.0795. The number of hydrogen-bond donors (Lipinski definition) is 1. The third kappa shape index (κ3) is 3.68. The highest BCUT2D eigenvalue weighted by atomic mass is 32.2. The van der Waals surface area contributed by atoms with Crippen LogP contribution in [0, 0.1) is 0 Å². The van der Waals surface area contributed by atoms with E-state index >= 15 is 0 Å². The molecule has 4 rings (SSSR count). The third-order valence-corrected chi connectivity index (χ3v) is 6.09. The summed E-state index contributed by atoms with van der Waals surface area (Å²) in [6, 6.07) is 17.0. The molecule has 0 spiro atoms. The van der Waals surface area contributed by atoms with E-state index in [9.17, 15) is 14.4 Å². The Morgan fingerprint density at radius 3 is 2.57 bits per heavy atom. The fourth-order valence-corrected chi connectivity index (χ4v) is 4.47. The number of benzene rings is 2. The Hall–Kier alpha value is -2.64. The van der Waals surface area contributed by atoms with Crippen LogP contribution >= 0.6 is 11.8 Å². The zero-order valence-electron chi connectivity index (χ0n) is 15.3. The summed E-state index contributed by atoms with van der Waals surface area (Å²) in [4.78, 5) is 39.6. The van der Waals surface area contributed by atoms with Crippen LogP contribution in [0.15, 0.2) is 54.6 Å². The number of likely N-dealkylation sites (tertiary alicyclic amines) is 1. The van der Waals surface area contributed by atoms with Crippen molar-refractivity contribution in [2.24, 2.45) is 5.73 Å². The van der Waals surface area contributed by atoms with Crippen LogP contribution in [0.25, 0.3) is 0 Å². The lowest BCUT2D eigenvalue weighted by atomic mass is 9.95. The van der Waals surface area contributed by atoms with Gasteiger partial charge < -0.3 is 10.6 Å². The zero-order valence-corrected chi connectivity index (χ0v) is 16.1. The molecular weight excluding hydrogens is 374 g/mol. The van der Waals surface area contributed by atoms with E-state index in [0.717, 1.165) is 22.9 Å². The fraction of sp³-hybridized carbons (Fsp3) is 0.286. The number of imide groups is 1. The molecule has 2 aliphatic rings. The summed E-state index contributed by atoms with van der Waals surface area (Å²) in [5.41, 5.74) is 8.76. The van der Waals surface area contributed by atoms with Gasteiger partial charge in [-0.1, -0.05) is 54.2 Å². The van der Waals surface area contributed by atoms with Crippen LogP contribution in [0.1, 0.15) is 27.4 Å². The minimum Gasteiger partial charge on any atom is -0.336 e. The molecule has 2 atom stereocenters. The number of rotatable bonds is 4. The Kier molecular flexibility index (Phi) is 5.19. The number of thioether (sulfide) groups is 1. The van der Waals surface area contributed by atoms with Crippen molar-refractivity contribution in [2.75, 3.05) is 18.8 Å². The predicted molar refractivity (Wildman–Crippen MR) is 108 cm³/mol. The van der Waals surface area contributed by atoms with E-state index in [1.165, 1.54) is 4.90 Å². The summed E-state index contributed by atoms with van der Waals surface area (Å²) in [5.74, 6) is 0.0293. The highest BCUT2D eigenvalue weighted by Crippen LogP contribution is 2.28. The molecule has 3 amide bonds. The number of carbonyl (C=O) groups is 3. The molecule has 7 heteroatoms. The number of hydrogen-bond acceptors (Lipinski definition) is 5. The maximum atomic E-state index is 13.0. The van der Waals surface area contributed by atoms with Crippen molar-refractivity contribution < 1.29 is 14.4 Å². The molecule has 2 fully saturated rings. The fourth-order valence-electron chi connectivity index (χ4n) is 3.75. The van der Waals surface area contributed by atoms with Gasteiger partial charge in [0.25, 0.3) is 11.1 Å². The molecule has 2 N–H and O–H groups in total. The molecule has 0 bridgehead atoms. The van der Waals surface area contributed by atoms with Gasteiger partial charge in [0.2, 0.25) is 5.91 Å². The van der Waals surface area contributed by atoms with E-state index in [2.05, 4.69) is 0 Å². The summed E-state index contributed by atoms with van der Waals surface area (Å²) in [5, 5.41) is -0.238. The minimum atomic E-state index is -0.238. The van der Waals surface area contributed by atoms with E-state index < -0.39 is 0 Å². The second-order valence-electron chi connectivity index (χ2n) is 7.13. The van der Waals surface area contributed by atoms with Gasteiger partial charge in [-0.25, -0.2) is 0 Å². The van der Waals surface area contributed by atoms with Gasteiger partial charge in [-0.15, -0.1) is 0 Å². The molecule has 0 saturated carbocycles. The van der Waals surface area contributed by atoms with E-state index in [1.807, 2.05) is 36.4 Å². The lowest BCUT2D eigenvalue weighted by Crippen LogP contribution is -2.32. The van der Waals surface area contributed by atoms with E-state index in [1.54, 1.807) is 23.1 Å². The number of nitrogens with zero attached hydrogens (tertiary/aromatic N) is 2. The van der Waals surface area contributed by atoms with E-state index in [-0.39, 0.29) is 41.3 Å². The van der Waals surface area contributed by atoms with Gasteiger partial charge >= 0.3 is 0 Å². The van der Waals surface area contributed by atoms with Crippen molar-refractivity contribution in [2.45, 2.75) is 18.5 Å². The van der Waals surface area contributed by atoms with E-state index in [4.69, 9.17) is 5.73 Å². The smallest absolute Gasteiger partial charge is 0.289 e. The highest BCUT2D eigenvalue weighted by Gasteiger charge is 2.34. The van der Waals surface area contributed by atoms with Crippen LogP contribution in [0.2, 0.25) is 0 Å². The second-order valence-corrected chi connectivity index (χ2v) is 8.05. The molecule has 2 aromatic rings. The Morgan fingerprint density at radius 2 is 1.86 bits per heavy atom. The Labute approximate surface area is 167 Å². The molecular formula is C21H21N3O3S. The molecule has 2 saturated heterocycles.